The average Bonchev–Trinajstić information content (AvgIpc) is 2.58. The van der Waals surface area contributed by atoms with E-state index in [4.69, 9.17) is 9.47 Å². The van der Waals surface area contributed by atoms with Gasteiger partial charge in [0, 0.05) is 0 Å². The van der Waals surface area contributed by atoms with E-state index < -0.39 is 0 Å². The van der Waals surface area contributed by atoms with Crippen molar-refractivity contribution in [3.8, 4) is 0 Å². The standard InChI is InChI=1S/C7H12O2/c1-5-2-3-6(9-5)7-4-8-7/h5-7H,2-4H2,1H3. The molecule has 0 aromatic rings. The fourth-order valence-corrected chi connectivity index (χ4v) is 1.38. The summed E-state index contributed by atoms with van der Waals surface area (Å²) in [6, 6.07) is 0. The van der Waals surface area contributed by atoms with Crippen LogP contribution in [0.15, 0.2) is 0 Å². The third-order valence-corrected chi connectivity index (χ3v) is 2.04. The molecule has 2 heteroatoms. The van der Waals surface area contributed by atoms with Crippen LogP contribution in [0.4, 0.5) is 0 Å². The molecule has 2 saturated heterocycles. The number of hydrogen-bond donors (Lipinski definition) is 0. The summed E-state index contributed by atoms with van der Waals surface area (Å²) in [5.74, 6) is 0. The maximum Gasteiger partial charge on any atom is 0.107 e. The molecule has 0 radical (unpaired) electrons. The molecule has 3 atom stereocenters. The lowest BCUT2D eigenvalue weighted by atomic mass is 10.2. The van der Waals surface area contributed by atoms with Crippen LogP contribution in [0.25, 0.3) is 0 Å². The SMILES string of the molecule is CC1CCC(C2CO2)O1. The van der Waals surface area contributed by atoms with E-state index in [1.807, 2.05) is 0 Å². The van der Waals surface area contributed by atoms with Crippen molar-refractivity contribution < 1.29 is 9.47 Å². The van der Waals surface area contributed by atoms with Crippen LogP contribution in [0.2, 0.25) is 0 Å². The molecule has 0 amide bonds. The molecule has 2 nitrogen and oxygen atoms in total. The molecule has 2 aliphatic rings. The Morgan fingerprint density at radius 2 is 2.00 bits per heavy atom. The Morgan fingerprint density at radius 3 is 2.44 bits per heavy atom. The minimum Gasteiger partial charge on any atom is -0.372 e. The summed E-state index contributed by atoms with van der Waals surface area (Å²) in [5, 5.41) is 0. The van der Waals surface area contributed by atoms with Crippen molar-refractivity contribution in [2.75, 3.05) is 6.61 Å². The third kappa shape index (κ3) is 1.10. The van der Waals surface area contributed by atoms with E-state index in [1.165, 1.54) is 12.8 Å². The van der Waals surface area contributed by atoms with E-state index >= 15 is 0 Å². The average molecular weight is 128 g/mol. The fourth-order valence-electron chi connectivity index (χ4n) is 1.38. The predicted octanol–water partition coefficient (Wildman–Crippen LogP) is 0.953. The van der Waals surface area contributed by atoms with Crippen molar-refractivity contribution in [1.29, 1.82) is 0 Å². The Bertz CT molecular complexity index is 109. The molecular formula is C7H12O2. The zero-order chi connectivity index (χ0) is 6.27. The van der Waals surface area contributed by atoms with Crippen LogP contribution in [0, 0.1) is 0 Å². The highest BCUT2D eigenvalue weighted by Gasteiger charge is 2.37. The largest absolute Gasteiger partial charge is 0.372 e. The zero-order valence-electron chi connectivity index (χ0n) is 5.67. The van der Waals surface area contributed by atoms with Crippen molar-refractivity contribution in [1.82, 2.24) is 0 Å². The van der Waals surface area contributed by atoms with E-state index in [2.05, 4.69) is 6.92 Å². The van der Waals surface area contributed by atoms with Gasteiger partial charge in [-0.3, -0.25) is 0 Å². The van der Waals surface area contributed by atoms with Gasteiger partial charge in [-0.1, -0.05) is 0 Å². The molecule has 0 spiro atoms. The molecule has 3 unspecified atom stereocenters. The molecule has 0 aliphatic carbocycles. The van der Waals surface area contributed by atoms with Crippen molar-refractivity contribution in [2.45, 2.75) is 38.1 Å². The second kappa shape index (κ2) is 1.96. The van der Waals surface area contributed by atoms with E-state index in [1.54, 1.807) is 0 Å². The van der Waals surface area contributed by atoms with Gasteiger partial charge in [-0.2, -0.15) is 0 Å². The van der Waals surface area contributed by atoms with E-state index in [0.717, 1.165) is 6.61 Å². The summed E-state index contributed by atoms with van der Waals surface area (Å²) in [6.07, 6.45) is 3.77. The van der Waals surface area contributed by atoms with Gasteiger partial charge < -0.3 is 9.47 Å². The summed E-state index contributed by atoms with van der Waals surface area (Å²) in [6.45, 7) is 3.06. The summed E-state index contributed by atoms with van der Waals surface area (Å²) < 4.78 is 10.7. The van der Waals surface area contributed by atoms with Gasteiger partial charge in [0.1, 0.15) is 6.10 Å². The maximum atomic E-state index is 5.56. The molecule has 2 aliphatic heterocycles. The Balaban J connectivity index is 1.86. The van der Waals surface area contributed by atoms with Crippen LogP contribution in [-0.4, -0.2) is 24.9 Å². The second-order valence-electron chi connectivity index (χ2n) is 2.93. The molecule has 0 bridgehead atoms. The number of epoxide rings is 1. The first-order chi connectivity index (χ1) is 4.36. The van der Waals surface area contributed by atoms with Crippen LogP contribution in [0.5, 0.6) is 0 Å². The third-order valence-electron chi connectivity index (χ3n) is 2.04. The lowest BCUT2D eigenvalue weighted by Crippen LogP contribution is -2.14. The minimum absolute atomic E-state index is 0.431. The second-order valence-corrected chi connectivity index (χ2v) is 2.93. The normalized spacial score (nSPS) is 49.7. The first-order valence-electron chi connectivity index (χ1n) is 3.63. The number of ether oxygens (including phenoxy) is 2. The summed E-state index contributed by atoms with van der Waals surface area (Å²) in [7, 11) is 0. The van der Waals surface area contributed by atoms with Crippen LogP contribution in [0.1, 0.15) is 19.8 Å². The molecule has 0 saturated carbocycles. The zero-order valence-corrected chi connectivity index (χ0v) is 5.67. The van der Waals surface area contributed by atoms with Gasteiger partial charge in [-0.25, -0.2) is 0 Å². The smallest absolute Gasteiger partial charge is 0.107 e. The van der Waals surface area contributed by atoms with E-state index in [-0.39, 0.29) is 0 Å². The molecule has 0 N–H and O–H groups in total. The Hall–Kier alpha value is -0.0800. The first-order valence-corrected chi connectivity index (χ1v) is 3.63. The van der Waals surface area contributed by atoms with Gasteiger partial charge in [0.2, 0.25) is 0 Å². The highest BCUT2D eigenvalue weighted by molar-refractivity contribution is 4.84. The maximum absolute atomic E-state index is 5.56. The van der Waals surface area contributed by atoms with Gasteiger partial charge in [0.25, 0.3) is 0 Å². The summed E-state index contributed by atoms with van der Waals surface area (Å²) in [4.78, 5) is 0. The Morgan fingerprint density at radius 1 is 1.22 bits per heavy atom. The molecule has 9 heavy (non-hydrogen) atoms. The molecule has 0 aromatic heterocycles. The Kier molecular flexibility index (Phi) is 1.24. The van der Waals surface area contributed by atoms with Gasteiger partial charge >= 0.3 is 0 Å². The first kappa shape index (κ1) is 5.69. The quantitative estimate of drug-likeness (QED) is 0.490. The summed E-state index contributed by atoms with van der Waals surface area (Å²) >= 11 is 0. The van der Waals surface area contributed by atoms with Crippen molar-refractivity contribution in [3.63, 3.8) is 0 Å². The minimum atomic E-state index is 0.431. The lowest BCUT2D eigenvalue weighted by Gasteiger charge is -2.05. The fraction of sp³-hybridized carbons (Fsp3) is 1.00. The topological polar surface area (TPSA) is 21.8 Å². The number of rotatable bonds is 1. The van der Waals surface area contributed by atoms with Gasteiger partial charge in [0.15, 0.2) is 0 Å². The highest BCUT2D eigenvalue weighted by atomic mass is 16.6. The van der Waals surface area contributed by atoms with E-state index in [0.29, 0.717) is 18.3 Å². The molecule has 2 rings (SSSR count). The Labute approximate surface area is 55.1 Å². The van der Waals surface area contributed by atoms with Crippen LogP contribution >= 0.6 is 0 Å². The van der Waals surface area contributed by atoms with Crippen molar-refractivity contribution in [3.05, 3.63) is 0 Å². The van der Waals surface area contributed by atoms with Gasteiger partial charge in [-0.15, -0.1) is 0 Å². The molecule has 2 heterocycles. The highest BCUT2D eigenvalue weighted by Crippen LogP contribution is 2.28. The summed E-state index contributed by atoms with van der Waals surface area (Å²) in [5.41, 5.74) is 0. The van der Waals surface area contributed by atoms with Gasteiger partial charge in [0.05, 0.1) is 18.8 Å². The molecule has 52 valence electrons. The lowest BCUT2D eigenvalue weighted by molar-refractivity contribution is 0.0384. The monoisotopic (exact) mass is 128 g/mol. The van der Waals surface area contributed by atoms with Gasteiger partial charge in [-0.05, 0) is 19.8 Å². The van der Waals surface area contributed by atoms with Crippen LogP contribution in [-0.2, 0) is 9.47 Å². The number of hydrogen-bond acceptors (Lipinski definition) is 2. The van der Waals surface area contributed by atoms with E-state index in [9.17, 15) is 0 Å². The van der Waals surface area contributed by atoms with Crippen molar-refractivity contribution >= 4 is 0 Å². The molecule has 0 aromatic carbocycles. The van der Waals surface area contributed by atoms with Crippen LogP contribution < -0.4 is 0 Å². The van der Waals surface area contributed by atoms with Crippen molar-refractivity contribution in [2.24, 2.45) is 0 Å². The van der Waals surface area contributed by atoms with Crippen LogP contribution in [0.3, 0.4) is 0 Å². The molecule has 2 fully saturated rings. The predicted molar refractivity (Wildman–Crippen MR) is 33.3 cm³/mol. The molecular weight excluding hydrogens is 116 g/mol.